The Morgan fingerprint density at radius 2 is 2.15 bits per heavy atom. The Bertz CT molecular complexity index is 983. The number of furan rings is 1. The smallest absolute Gasteiger partial charge is 0.291 e. The number of carbonyl (C=O) groups is 1. The first kappa shape index (κ1) is 18.2. The van der Waals surface area contributed by atoms with E-state index in [1.54, 1.807) is 13.2 Å². The summed E-state index contributed by atoms with van der Waals surface area (Å²) in [7, 11) is 1.59. The number of aryl methyl sites for hydroxylation is 3. The van der Waals surface area contributed by atoms with E-state index in [0.29, 0.717) is 50.1 Å². The second kappa shape index (κ2) is 7.74. The third kappa shape index (κ3) is 3.50. The molecular weight excluding hydrogens is 336 g/mol. The van der Waals surface area contributed by atoms with Crippen LogP contribution in [0.25, 0.3) is 16.6 Å². The summed E-state index contributed by atoms with van der Waals surface area (Å²) >= 11 is 0. The minimum Gasteiger partial charge on any atom is -0.460 e. The first-order valence-electron chi connectivity index (χ1n) is 8.82. The number of rotatable bonds is 8. The van der Waals surface area contributed by atoms with Crippen LogP contribution < -0.4 is 10.9 Å². The Morgan fingerprint density at radius 3 is 2.88 bits per heavy atom. The number of nitrogens with zero attached hydrogens (tertiary/aromatic N) is 3. The van der Waals surface area contributed by atoms with Crippen molar-refractivity contribution in [2.24, 2.45) is 0 Å². The van der Waals surface area contributed by atoms with Gasteiger partial charge in [0.1, 0.15) is 17.1 Å². The zero-order valence-corrected chi connectivity index (χ0v) is 15.4. The Morgan fingerprint density at radius 1 is 1.35 bits per heavy atom. The van der Waals surface area contributed by atoms with Gasteiger partial charge >= 0.3 is 0 Å². The molecule has 0 aliphatic rings. The van der Waals surface area contributed by atoms with Crippen molar-refractivity contribution in [3.8, 4) is 0 Å². The van der Waals surface area contributed by atoms with Gasteiger partial charge in [-0.3, -0.25) is 14.0 Å². The van der Waals surface area contributed by atoms with Crippen LogP contribution >= 0.6 is 0 Å². The third-order valence-corrected chi connectivity index (χ3v) is 4.28. The molecule has 0 aliphatic carbocycles. The van der Waals surface area contributed by atoms with Gasteiger partial charge in [0, 0.05) is 45.2 Å². The number of hydrogen-bond donors (Lipinski definition) is 1. The second-order valence-electron chi connectivity index (χ2n) is 6.22. The average molecular weight is 360 g/mol. The number of methoxy groups -OCH3 is 1. The molecule has 0 aromatic carbocycles. The van der Waals surface area contributed by atoms with E-state index in [-0.39, 0.29) is 11.5 Å². The van der Waals surface area contributed by atoms with Gasteiger partial charge in [-0.05, 0) is 13.3 Å². The lowest BCUT2D eigenvalue weighted by Gasteiger charge is -2.10. The molecule has 26 heavy (non-hydrogen) atoms. The van der Waals surface area contributed by atoms with E-state index in [0.717, 1.165) is 17.1 Å². The molecule has 0 atom stereocenters. The predicted molar refractivity (Wildman–Crippen MR) is 97.5 cm³/mol. The van der Waals surface area contributed by atoms with Gasteiger partial charge in [-0.2, -0.15) is 5.10 Å². The Labute approximate surface area is 150 Å². The first-order chi connectivity index (χ1) is 12.5. The fraction of sp³-hybridized carbons (Fsp3) is 0.500. The van der Waals surface area contributed by atoms with Crippen LogP contribution in [0.2, 0.25) is 0 Å². The quantitative estimate of drug-likeness (QED) is 0.617. The molecule has 3 heterocycles. The van der Waals surface area contributed by atoms with Crippen LogP contribution in [-0.4, -0.2) is 40.3 Å². The number of nitrogens with one attached hydrogen (secondary N) is 1. The summed E-state index contributed by atoms with van der Waals surface area (Å²) in [6.45, 7) is 5.24. The molecule has 0 bridgehead atoms. The van der Waals surface area contributed by atoms with Crippen LogP contribution in [-0.2, 0) is 22.5 Å². The molecule has 0 spiro atoms. The van der Waals surface area contributed by atoms with Gasteiger partial charge in [-0.25, -0.2) is 4.68 Å². The fourth-order valence-corrected chi connectivity index (χ4v) is 3.06. The molecule has 0 saturated heterocycles. The lowest BCUT2D eigenvalue weighted by atomic mass is 10.3. The monoisotopic (exact) mass is 360 g/mol. The second-order valence-corrected chi connectivity index (χ2v) is 6.22. The molecule has 3 aromatic rings. The van der Waals surface area contributed by atoms with Gasteiger partial charge in [-0.1, -0.05) is 6.92 Å². The predicted octanol–water partition coefficient (Wildman–Crippen LogP) is 1.66. The van der Waals surface area contributed by atoms with E-state index >= 15 is 0 Å². The van der Waals surface area contributed by atoms with E-state index in [4.69, 9.17) is 9.15 Å². The van der Waals surface area contributed by atoms with Crippen molar-refractivity contribution in [3.63, 3.8) is 0 Å². The van der Waals surface area contributed by atoms with Crippen LogP contribution in [0.4, 0.5) is 0 Å². The molecule has 0 aliphatic heterocycles. The molecule has 0 fully saturated rings. The number of fused-ring (bicyclic) bond motifs is 3. The van der Waals surface area contributed by atoms with Crippen LogP contribution in [0.5, 0.6) is 0 Å². The van der Waals surface area contributed by atoms with Crippen molar-refractivity contribution in [2.45, 2.75) is 39.7 Å². The summed E-state index contributed by atoms with van der Waals surface area (Å²) in [6, 6.07) is 3.68. The third-order valence-electron chi connectivity index (χ3n) is 4.28. The van der Waals surface area contributed by atoms with E-state index in [2.05, 4.69) is 10.4 Å². The highest BCUT2D eigenvalue weighted by Crippen LogP contribution is 2.23. The van der Waals surface area contributed by atoms with Gasteiger partial charge in [0.05, 0.1) is 12.1 Å². The largest absolute Gasteiger partial charge is 0.460 e. The topological polar surface area (TPSA) is 90.8 Å². The molecule has 140 valence electrons. The first-order valence-corrected chi connectivity index (χ1v) is 8.82. The maximum atomic E-state index is 12.8. The molecule has 1 N–H and O–H groups in total. The number of ether oxygens (including phenoxy) is 1. The lowest BCUT2D eigenvalue weighted by Crippen LogP contribution is -2.29. The Kier molecular flexibility index (Phi) is 5.41. The maximum Gasteiger partial charge on any atom is 0.291 e. The number of hydrogen-bond acceptors (Lipinski definition) is 5. The van der Waals surface area contributed by atoms with Crippen molar-refractivity contribution in [1.29, 1.82) is 0 Å². The fourth-order valence-electron chi connectivity index (χ4n) is 3.06. The zero-order chi connectivity index (χ0) is 18.7. The van der Waals surface area contributed by atoms with Crippen molar-refractivity contribution in [1.82, 2.24) is 19.5 Å². The minimum absolute atomic E-state index is 0.0532. The number of aromatic nitrogens is 3. The summed E-state index contributed by atoms with van der Waals surface area (Å²) in [4.78, 5) is 24.5. The van der Waals surface area contributed by atoms with Crippen molar-refractivity contribution in [2.75, 3.05) is 20.3 Å². The van der Waals surface area contributed by atoms with E-state index in [1.165, 1.54) is 4.68 Å². The zero-order valence-electron chi connectivity index (χ0n) is 15.4. The van der Waals surface area contributed by atoms with Gasteiger partial charge < -0.3 is 14.5 Å². The maximum absolute atomic E-state index is 12.8. The number of amides is 1. The van der Waals surface area contributed by atoms with Crippen LogP contribution in [0.15, 0.2) is 21.3 Å². The van der Waals surface area contributed by atoms with Crippen molar-refractivity contribution in [3.05, 3.63) is 34.1 Å². The minimum atomic E-state index is -0.175. The molecular formula is C18H24N4O4. The molecule has 0 saturated carbocycles. The molecule has 0 radical (unpaired) electrons. The van der Waals surface area contributed by atoms with E-state index in [1.807, 2.05) is 24.3 Å². The molecule has 3 rings (SSSR count). The molecule has 3 aromatic heterocycles. The van der Waals surface area contributed by atoms with Crippen molar-refractivity contribution < 1.29 is 13.9 Å². The highest BCUT2D eigenvalue weighted by atomic mass is 16.5. The average Bonchev–Trinajstić information content (AvgIpc) is 3.14. The SMILES string of the molecule is CCc1nn(CCCC(=O)NCCOC)c(=O)c2cc3oc(C)cc3n12. The van der Waals surface area contributed by atoms with Crippen LogP contribution in [0, 0.1) is 6.92 Å². The molecule has 0 unspecified atom stereocenters. The van der Waals surface area contributed by atoms with Gasteiger partial charge in [0.15, 0.2) is 5.58 Å². The summed E-state index contributed by atoms with van der Waals surface area (Å²) in [5, 5.41) is 7.26. The Balaban J connectivity index is 1.80. The number of carbonyl (C=O) groups excluding carboxylic acids is 1. The van der Waals surface area contributed by atoms with Gasteiger partial charge in [-0.15, -0.1) is 0 Å². The van der Waals surface area contributed by atoms with Gasteiger partial charge in [0.25, 0.3) is 5.56 Å². The summed E-state index contributed by atoms with van der Waals surface area (Å²) in [5.41, 5.74) is 1.93. The van der Waals surface area contributed by atoms with Crippen molar-refractivity contribution >= 4 is 22.5 Å². The lowest BCUT2D eigenvalue weighted by molar-refractivity contribution is -0.121. The van der Waals surface area contributed by atoms with Crippen LogP contribution in [0.1, 0.15) is 31.4 Å². The normalized spacial score (nSPS) is 11.5. The molecule has 8 heteroatoms. The highest BCUT2D eigenvalue weighted by molar-refractivity contribution is 5.83. The van der Waals surface area contributed by atoms with E-state index < -0.39 is 0 Å². The summed E-state index contributed by atoms with van der Waals surface area (Å²) in [6.07, 6.45) is 1.57. The summed E-state index contributed by atoms with van der Waals surface area (Å²) in [5.74, 6) is 1.54. The van der Waals surface area contributed by atoms with E-state index in [9.17, 15) is 9.59 Å². The molecule has 8 nitrogen and oxygen atoms in total. The molecule has 1 amide bonds. The highest BCUT2D eigenvalue weighted by Gasteiger charge is 2.16. The summed E-state index contributed by atoms with van der Waals surface area (Å²) < 4.78 is 13.9. The van der Waals surface area contributed by atoms with Crippen LogP contribution in [0.3, 0.4) is 0 Å². The van der Waals surface area contributed by atoms with Gasteiger partial charge in [0.2, 0.25) is 5.91 Å². The Hall–Kier alpha value is -2.61. The standard InChI is InChI=1S/C18H24N4O4/c1-4-16-20-21(8-5-6-17(23)19-7-9-25-3)18(24)14-11-15-13(22(14)16)10-12(2)26-15/h10-11H,4-9H2,1-3H3,(H,19,23).